The first-order valence-electron chi connectivity index (χ1n) is 6.25. The third kappa shape index (κ3) is 4.39. The van der Waals surface area contributed by atoms with E-state index in [0.29, 0.717) is 19.6 Å². The van der Waals surface area contributed by atoms with Crippen LogP contribution in [0.15, 0.2) is 0 Å². The number of methoxy groups -OCH3 is 1. The van der Waals surface area contributed by atoms with E-state index in [4.69, 9.17) is 9.47 Å². The van der Waals surface area contributed by atoms with Crippen molar-refractivity contribution in [1.82, 2.24) is 0 Å². The van der Waals surface area contributed by atoms with Gasteiger partial charge < -0.3 is 9.47 Å². The molecule has 0 amide bonds. The van der Waals surface area contributed by atoms with Crippen molar-refractivity contribution in [2.45, 2.75) is 49.5 Å². The van der Waals surface area contributed by atoms with E-state index in [0.717, 1.165) is 25.7 Å². The van der Waals surface area contributed by atoms with Crippen molar-refractivity contribution in [3.63, 3.8) is 0 Å². The Kier molecular flexibility index (Phi) is 6.73. The molecular weight excluding hydrogens is 240 g/mol. The summed E-state index contributed by atoms with van der Waals surface area (Å²) in [6, 6.07) is 0. The molecule has 0 aromatic carbocycles. The molecule has 1 saturated heterocycles. The van der Waals surface area contributed by atoms with Crippen molar-refractivity contribution in [1.29, 1.82) is 0 Å². The van der Waals surface area contributed by atoms with Crippen molar-refractivity contribution in [2.75, 3.05) is 20.3 Å². The molecule has 0 saturated carbocycles. The highest BCUT2D eigenvalue weighted by molar-refractivity contribution is 7.87. The predicted molar refractivity (Wildman–Crippen MR) is 67.3 cm³/mol. The molecule has 100 valence electrons. The Balaban J connectivity index is 2.60. The number of esters is 1. The van der Waals surface area contributed by atoms with Crippen LogP contribution in [0.1, 0.15) is 39.0 Å². The molecule has 1 rings (SSSR count). The maximum Gasteiger partial charge on any atom is 0.321 e. The van der Waals surface area contributed by atoms with Crippen LogP contribution < -0.4 is 0 Å². The first-order chi connectivity index (χ1) is 8.20. The van der Waals surface area contributed by atoms with Crippen molar-refractivity contribution in [3.8, 4) is 0 Å². The SMILES string of the molecule is CCCCC(C(=O)OC)S(=O)C1CCOCC1. The standard InChI is InChI=1S/C12H22O4S/c1-3-4-5-11(12(13)15-2)17(14)10-6-8-16-9-7-10/h10-11H,3-9H2,1-2H3. The van der Waals surface area contributed by atoms with Crippen molar-refractivity contribution < 1.29 is 18.5 Å². The Labute approximate surface area is 106 Å². The molecule has 4 nitrogen and oxygen atoms in total. The first-order valence-corrected chi connectivity index (χ1v) is 7.53. The molecule has 0 radical (unpaired) electrons. The van der Waals surface area contributed by atoms with Crippen LogP contribution in [0, 0.1) is 0 Å². The van der Waals surface area contributed by atoms with E-state index in [2.05, 4.69) is 6.92 Å². The fourth-order valence-electron chi connectivity index (χ4n) is 1.99. The zero-order valence-electron chi connectivity index (χ0n) is 10.6. The van der Waals surface area contributed by atoms with E-state index in [9.17, 15) is 9.00 Å². The molecule has 2 atom stereocenters. The van der Waals surface area contributed by atoms with Gasteiger partial charge in [-0.25, -0.2) is 0 Å². The van der Waals surface area contributed by atoms with Crippen LogP contribution in [0.4, 0.5) is 0 Å². The number of hydrogen-bond acceptors (Lipinski definition) is 4. The number of unbranched alkanes of at least 4 members (excludes halogenated alkanes) is 1. The van der Waals surface area contributed by atoms with Gasteiger partial charge in [0.2, 0.25) is 0 Å². The molecule has 5 heteroatoms. The first kappa shape index (κ1) is 14.6. The molecule has 17 heavy (non-hydrogen) atoms. The van der Waals surface area contributed by atoms with Crippen molar-refractivity contribution in [3.05, 3.63) is 0 Å². The summed E-state index contributed by atoms with van der Waals surface area (Å²) in [5.41, 5.74) is 0. The van der Waals surface area contributed by atoms with Gasteiger partial charge >= 0.3 is 5.97 Å². The largest absolute Gasteiger partial charge is 0.468 e. The lowest BCUT2D eigenvalue weighted by Crippen LogP contribution is -2.36. The van der Waals surface area contributed by atoms with Gasteiger partial charge in [-0.1, -0.05) is 19.8 Å². The summed E-state index contributed by atoms with van der Waals surface area (Å²) in [4.78, 5) is 11.7. The quantitative estimate of drug-likeness (QED) is 0.683. The molecule has 0 N–H and O–H groups in total. The zero-order valence-corrected chi connectivity index (χ0v) is 11.5. The van der Waals surface area contributed by atoms with Gasteiger partial charge in [-0.2, -0.15) is 0 Å². The second kappa shape index (κ2) is 7.82. The predicted octanol–water partition coefficient (Wildman–Crippen LogP) is 1.65. The molecule has 0 spiro atoms. The highest BCUT2D eigenvalue weighted by Gasteiger charge is 2.32. The van der Waals surface area contributed by atoms with Crippen LogP contribution in [-0.2, 0) is 25.1 Å². The van der Waals surface area contributed by atoms with E-state index in [1.807, 2.05) is 0 Å². The smallest absolute Gasteiger partial charge is 0.321 e. The summed E-state index contributed by atoms with van der Waals surface area (Å²) in [5, 5.41) is -0.368. The molecular formula is C12H22O4S. The Morgan fingerprint density at radius 2 is 2.12 bits per heavy atom. The molecule has 0 aliphatic carbocycles. The Morgan fingerprint density at radius 1 is 1.47 bits per heavy atom. The molecule has 1 fully saturated rings. The summed E-state index contributed by atoms with van der Waals surface area (Å²) >= 11 is 0. The van der Waals surface area contributed by atoms with Gasteiger partial charge in [0.1, 0.15) is 5.25 Å². The Hall–Kier alpha value is -0.420. The van der Waals surface area contributed by atoms with Crippen LogP contribution in [0.3, 0.4) is 0 Å². The third-order valence-electron chi connectivity index (χ3n) is 3.06. The van der Waals surface area contributed by atoms with Crippen LogP contribution in [0.5, 0.6) is 0 Å². The van der Waals surface area contributed by atoms with Crippen LogP contribution >= 0.6 is 0 Å². The Bertz CT molecular complexity index is 261. The van der Waals surface area contributed by atoms with Crippen LogP contribution in [0.2, 0.25) is 0 Å². The fourth-order valence-corrected chi connectivity index (χ4v) is 3.80. The van der Waals surface area contributed by atoms with Crippen LogP contribution in [0.25, 0.3) is 0 Å². The lowest BCUT2D eigenvalue weighted by atomic mass is 10.2. The van der Waals surface area contributed by atoms with Gasteiger partial charge in [-0.05, 0) is 19.3 Å². The van der Waals surface area contributed by atoms with Gasteiger partial charge in [-0.3, -0.25) is 9.00 Å². The average Bonchev–Trinajstić information content (AvgIpc) is 2.39. The maximum absolute atomic E-state index is 12.4. The number of hydrogen-bond donors (Lipinski definition) is 0. The lowest BCUT2D eigenvalue weighted by Gasteiger charge is -2.25. The summed E-state index contributed by atoms with van der Waals surface area (Å²) in [5.74, 6) is -0.330. The summed E-state index contributed by atoms with van der Waals surface area (Å²) in [6.07, 6.45) is 4.14. The lowest BCUT2D eigenvalue weighted by molar-refractivity contribution is -0.140. The second-order valence-corrected chi connectivity index (χ2v) is 6.19. The van der Waals surface area contributed by atoms with E-state index in [1.54, 1.807) is 0 Å². The summed E-state index contributed by atoms with van der Waals surface area (Å²) in [6.45, 7) is 3.36. The molecule has 1 heterocycles. The van der Waals surface area contributed by atoms with E-state index >= 15 is 0 Å². The normalized spacial score (nSPS) is 20.8. The minimum absolute atomic E-state index is 0.0877. The van der Waals surface area contributed by atoms with Crippen molar-refractivity contribution in [2.24, 2.45) is 0 Å². The maximum atomic E-state index is 12.4. The molecule has 1 aliphatic heterocycles. The minimum Gasteiger partial charge on any atom is -0.468 e. The van der Waals surface area contributed by atoms with E-state index in [1.165, 1.54) is 7.11 Å². The monoisotopic (exact) mass is 262 g/mol. The van der Waals surface area contributed by atoms with Crippen LogP contribution in [-0.4, -0.2) is 41.0 Å². The molecule has 2 unspecified atom stereocenters. The van der Waals surface area contributed by atoms with Gasteiger partial charge in [0.05, 0.1) is 7.11 Å². The molecule has 0 bridgehead atoms. The van der Waals surface area contributed by atoms with Crippen molar-refractivity contribution >= 4 is 16.8 Å². The second-order valence-electron chi connectivity index (χ2n) is 4.29. The number of carbonyl (C=O) groups is 1. The minimum atomic E-state index is -1.13. The van der Waals surface area contributed by atoms with E-state index < -0.39 is 16.0 Å². The number of carbonyl (C=O) groups excluding carboxylic acids is 1. The molecule has 0 aromatic rings. The average molecular weight is 262 g/mol. The zero-order chi connectivity index (χ0) is 12.7. The summed E-state index contributed by atoms with van der Waals surface area (Å²) in [7, 11) is 0.233. The highest BCUT2D eigenvalue weighted by Crippen LogP contribution is 2.20. The van der Waals surface area contributed by atoms with Gasteiger partial charge in [0, 0.05) is 29.3 Å². The number of rotatable bonds is 6. The Morgan fingerprint density at radius 3 is 2.65 bits per heavy atom. The highest BCUT2D eigenvalue weighted by atomic mass is 32.2. The van der Waals surface area contributed by atoms with E-state index in [-0.39, 0.29) is 11.2 Å². The van der Waals surface area contributed by atoms with Gasteiger partial charge in [0.15, 0.2) is 0 Å². The molecule has 1 aliphatic rings. The summed E-state index contributed by atoms with van der Waals surface area (Å²) < 4.78 is 22.4. The topological polar surface area (TPSA) is 52.6 Å². The van der Waals surface area contributed by atoms with Gasteiger partial charge in [-0.15, -0.1) is 0 Å². The third-order valence-corrected chi connectivity index (χ3v) is 5.18. The number of ether oxygens (including phenoxy) is 2. The molecule has 0 aromatic heterocycles. The fraction of sp³-hybridized carbons (Fsp3) is 0.917. The van der Waals surface area contributed by atoms with Gasteiger partial charge in [0.25, 0.3) is 0 Å².